The summed E-state index contributed by atoms with van der Waals surface area (Å²) in [4.78, 5) is 22.2. The molecule has 3 aromatic rings. The van der Waals surface area contributed by atoms with E-state index in [1.807, 2.05) is 42.5 Å². The Morgan fingerprint density at radius 3 is 2.69 bits per heavy atom. The number of hydrazone groups is 1. The first-order chi connectivity index (χ1) is 14.0. The van der Waals surface area contributed by atoms with Crippen molar-refractivity contribution in [3.05, 3.63) is 70.3 Å². The Hall–Kier alpha value is -4.14. The van der Waals surface area contributed by atoms with Crippen LogP contribution in [0.5, 0.6) is 11.5 Å². The van der Waals surface area contributed by atoms with Gasteiger partial charge in [-0.25, -0.2) is 5.43 Å². The number of benzene rings is 3. The van der Waals surface area contributed by atoms with Crippen molar-refractivity contribution in [2.45, 2.75) is 0 Å². The van der Waals surface area contributed by atoms with Crippen LogP contribution in [0.25, 0.3) is 10.8 Å². The fraction of sp³-hybridized carbons (Fsp3) is 0.100. The van der Waals surface area contributed by atoms with Crippen LogP contribution in [0.3, 0.4) is 0 Å². The lowest BCUT2D eigenvalue weighted by molar-refractivity contribution is -0.386. The Balaban J connectivity index is 1.60. The highest BCUT2D eigenvalue weighted by molar-refractivity contribution is 5.88. The molecular formula is C20H18N4O5. The maximum absolute atomic E-state index is 12.0. The molecule has 0 aliphatic carbocycles. The number of fused-ring (bicyclic) bond motifs is 1. The summed E-state index contributed by atoms with van der Waals surface area (Å²) in [7, 11) is 1.28. The number of anilines is 1. The first-order valence-electron chi connectivity index (χ1n) is 8.58. The molecule has 9 heteroatoms. The predicted molar refractivity (Wildman–Crippen MR) is 109 cm³/mol. The zero-order chi connectivity index (χ0) is 20.8. The number of rotatable bonds is 7. The molecule has 0 atom stereocenters. The zero-order valence-corrected chi connectivity index (χ0v) is 15.5. The van der Waals surface area contributed by atoms with Gasteiger partial charge in [0.15, 0.2) is 5.75 Å². The summed E-state index contributed by atoms with van der Waals surface area (Å²) in [5.41, 5.74) is 2.90. The van der Waals surface area contributed by atoms with Crippen molar-refractivity contribution in [1.29, 1.82) is 0 Å². The molecule has 9 nitrogen and oxygen atoms in total. The van der Waals surface area contributed by atoms with Crippen LogP contribution in [-0.2, 0) is 4.79 Å². The van der Waals surface area contributed by atoms with E-state index in [0.717, 1.165) is 22.5 Å². The molecule has 0 radical (unpaired) electrons. The first-order valence-corrected chi connectivity index (χ1v) is 8.58. The summed E-state index contributed by atoms with van der Waals surface area (Å²) in [5.74, 6) is -1.03. The number of amides is 1. The molecule has 0 aliphatic heterocycles. The number of phenols is 1. The topological polar surface area (TPSA) is 126 Å². The number of aromatic hydroxyl groups is 1. The van der Waals surface area contributed by atoms with Gasteiger partial charge < -0.3 is 15.2 Å². The molecule has 0 saturated heterocycles. The van der Waals surface area contributed by atoms with E-state index in [4.69, 9.17) is 4.74 Å². The SMILES string of the molecule is COc1cc(C=NNC(=O)CNc2ccc3ccccc3c2)cc([N+](=O)[O-])c1O. The van der Waals surface area contributed by atoms with Crippen LogP contribution in [0.2, 0.25) is 0 Å². The molecular weight excluding hydrogens is 376 g/mol. The van der Waals surface area contributed by atoms with Gasteiger partial charge in [0.05, 0.1) is 24.8 Å². The normalized spacial score (nSPS) is 10.8. The van der Waals surface area contributed by atoms with E-state index in [1.54, 1.807) is 0 Å². The van der Waals surface area contributed by atoms with Crippen LogP contribution in [-0.4, -0.2) is 35.8 Å². The highest BCUT2D eigenvalue weighted by Crippen LogP contribution is 2.36. The number of nitrogens with one attached hydrogen (secondary N) is 2. The number of phenolic OH excluding ortho intramolecular Hbond substituents is 1. The van der Waals surface area contributed by atoms with Crippen molar-refractivity contribution in [2.24, 2.45) is 5.10 Å². The smallest absolute Gasteiger partial charge is 0.315 e. The molecule has 0 aromatic heterocycles. The van der Waals surface area contributed by atoms with Crippen LogP contribution < -0.4 is 15.5 Å². The van der Waals surface area contributed by atoms with Gasteiger partial charge in [-0.2, -0.15) is 5.10 Å². The average Bonchev–Trinajstić information content (AvgIpc) is 2.72. The number of nitro groups is 1. The third-order valence-corrected chi connectivity index (χ3v) is 4.10. The van der Waals surface area contributed by atoms with Crippen molar-refractivity contribution < 1.29 is 19.6 Å². The van der Waals surface area contributed by atoms with Crippen molar-refractivity contribution in [1.82, 2.24) is 5.43 Å². The van der Waals surface area contributed by atoms with E-state index in [9.17, 15) is 20.0 Å². The standard InChI is InChI=1S/C20H18N4O5/c1-29-18-9-13(8-17(20(18)26)24(27)28)11-22-23-19(25)12-21-16-7-6-14-4-2-3-5-15(14)10-16/h2-11,21,26H,12H2,1H3,(H,23,25). The maximum Gasteiger partial charge on any atom is 0.315 e. The van der Waals surface area contributed by atoms with Crippen molar-refractivity contribution in [3.63, 3.8) is 0 Å². The van der Waals surface area contributed by atoms with Gasteiger partial charge in [-0.05, 0) is 29.0 Å². The van der Waals surface area contributed by atoms with Crippen LogP contribution in [0.15, 0.2) is 59.7 Å². The van der Waals surface area contributed by atoms with E-state index in [2.05, 4.69) is 15.8 Å². The molecule has 0 spiro atoms. The van der Waals surface area contributed by atoms with Gasteiger partial charge in [-0.1, -0.05) is 30.3 Å². The van der Waals surface area contributed by atoms with E-state index >= 15 is 0 Å². The number of carbonyl (C=O) groups excluding carboxylic acids is 1. The third-order valence-electron chi connectivity index (χ3n) is 4.10. The zero-order valence-electron chi connectivity index (χ0n) is 15.5. The number of hydrogen-bond donors (Lipinski definition) is 3. The van der Waals surface area contributed by atoms with Gasteiger partial charge in [0.2, 0.25) is 5.75 Å². The van der Waals surface area contributed by atoms with E-state index in [-0.39, 0.29) is 17.9 Å². The predicted octanol–water partition coefficient (Wildman–Crippen LogP) is 3.02. The molecule has 0 heterocycles. The second-order valence-electron chi connectivity index (χ2n) is 6.06. The van der Waals surface area contributed by atoms with Crippen molar-refractivity contribution >= 4 is 34.3 Å². The van der Waals surface area contributed by atoms with Gasteiger partial charge in [0, 0.05) is 17.3 Å². The summed E-state index contributed by atoms with van der Waals surface area (Å²) >= 11 is 0. The molecule has 29 heavy (non-hydrogen) atoms. The second-order valence-corrected chi connectivity index (χ2v) is 6.06. The Labute approximate surface area is 165 Å². The lowest BCUT2D eigenvalue weighted by Gasteiger charge is -2.07. The fourth-order valence-corrected chi connectivity index (χ4v) is 2.68. The molecule has 148 valence electrons. The summed E-state index contributed by atoms with van der Waals surface area (Å²) in [6, 6.07) is 16.1. The van der Waals surface area contributed by atoms with E-state index in [1.165, 1.54) is 19.4 Å². The molecule has 3 aromatic carbocycles. The number of ether oxygens (including phenoxy) is 1. The van der Waals surface area contributed by atoms with Crippen LogP contribution >= 0.6 is 0 Å². The summed E-state index contributed by atoms with van der Waals surface area (Å²) in [6.07, 6.45) is 1.23. The van der Waals surface area contributed by atoms with Gasteiger partial charge in [-0.15, -0.1) is 0 Å². The number of methoxy groups -OCH3 is 1. The maximum atomic E-state index is 12.0. The first kappa shape index (κ1) is 19.6. The molecule has 0 bridgehead atoms. The number of nitrogens with zero attached hydrogens (tertiary/aromatic N) is 2. The van der Waals surface area contributed by atoms with E-state index in [0.29, 0.717) is 0 Å². The summed E-state index contributed by atoms with van der Waals surface area (Å²) in [6.45, 7) is -0.00523. The van der Waals surface area contributed by atoms with Gasteiger partial charge in [0.1, 0.15) is 0 Å². The Bertz CT molecular complexity index is 1100. The minimum absolute atomic E-state index is 0.00523. The molecule has 0 unspecified atom stereocenters. The summed E-state index contributed by atoms with van der Waals surface area (Å²) < 4.78 is 4.91. The second kappa shape index (κ2) is 8.70. The highest BCUT2D eigenvalue weighted by Gasteiger charge is 2.19. The Morgan fingerprint density at radius 1 is 1.21 bits per heavy atom. The molecule has 1 amide bonds. The third kappa shape index (κ3) is 4.78. The van der Waals surface area contributed by atoms with Crippen molar-refractivity contribution in [2.75, 3.05) is 19.0 Å². The largest absolute Gasteiger partial charge is 0.500 e. The van der Waals surface area contributed by atoms with E-state index < -0.39 is 22.3 Å². The average molecular weight is 394 g/mol. The molecule has 3 N–H and O–H groups in total. The highest BCUT2D eigenvalue weighted by atomic mass is 16.6. The fourth-order valence-electron chi connectivity index (χ4n) is 2.68. The number of carbonyl (C=O) groups is 1. The monoisotopic (exact) mass is 394 g/mol. The number of hydrogen-bond acceptors (Lipinski definition) is 7. The molecule has 0 fully saturated rings. The lowest BCUT2D eigenvalue weighted by Crippen LogP contribution is -2.25. The van der Waals surface area contributed by atoms with Crippen LogP contribution in [0.1, 0.15) is 5.56 Å². The van der Waals surface area contributed by atoms with Crippen LogP contribution in [0.4, 0.5) is 11.4 Å². The minimum atomic E-state index is -0.735. The quantitative estimate of drug-likeness (QED) is 0.321. The lowest BCUT2D eigenvalue weighted by atomic mass is 10.1. The van der Waals surface area contributed by atoms with Gasteiger partial charge >= 0.3 is 5.69 Å². The summed E-state index contributed by atoms with van der Waals surface area (Å²) in [5, 5.41) is 29.7. The minimum Gasteiger partial charge on any atom is -0.500 e. The molecule has 3 rings (SSSR count). The van der Waals surface area contributed by atoms with Crippen molar-refractivity contribution in [3.8, 4) is 11.5 Å². The molecule has 0 saturated carbocycles. The van der Waals surface area contributed by atoms with Gasteiger partial charge in [0.25, 0.3) is 5.91 Å². The Kier molecular flexibility index (Phi) is 5.88. The Morgan fingerprint density at radius 2 is 1.97 bits per heavy atom. The molecule has 0 aliphatic rings. The number of nitro benzene ring substituents is 1. The van der Waals surface area contributed by atoms with Crippen LogP contribution in [0, 0.1) is 10.1 Å². The van der Waals surface area contributed by atoms with Gasteiger partial charge in [-0.3, -0.25) is 14.9 Å².